The fraction of sp³-hybridized carbons (Fsp3) is 0.250. The summed E-state index contributed by atoms with van der Waals surface area (Å²) in [7, 11) is 0. The van der Waals surface area contributed by atoms with Gasteiger partial charge in [0.05, 0.1) is 0 Å². The Balaban J connectivity index is 3.17. The van der Waals surface area contributed by atoms with E-state index in [4.69, 9.17) is 0 Å². The molecule has 0 bridgehead atoms. The molecule has 0 aromatic carbocycles. The topological polar surface area (TPSA) is 26.3 Å². The second-order valence-electron chi connectivity index (χ2n) is 0.815. The van der Waals surface area contributed by atoms with E-state index < -0.39 is 0 Å². The molecule has 38 valence electrons. The summed E-state index contributed by atoms with van der Waals surface area (Å²) in [5.41, 5.74) is 0. The van der Waals surface area contributed by atoms with Crippen LogP contribution in [0.1, 0.15) is 0 Å². The molecule has 0 aliphatic rings. The van der Waals surface area contributed by atoms with Crippen LogP contribution in [0, 0.1) is 0 Å². The summed E-state index contributed by atoms with van der Waals surface area (Å²) in [5, 5.41) is 0. The predicted octanol–water partition coefficient (Wildman–Crippen LogP) is 0.638. The van der Waals surface area contributed by atoms with Crippen molar-refractivity contribution in [3.63, 3.8) is 0 Å². The minimum absolute atomic E-state index is 0.191. The molecule has 0 saturated carbocycles. The fourth-order valence-electron chi connectivity index (χ4n) is 0.130. The van der Waals surface area contributed by atoms with Crippen molar-refractivity contribution in [2.24, 2.45) is 0 Å². The molecular formula is C4H5O2Ta. The van der Waals surface area contributed by atoms with Crippen LogP contribution < -0.4 is 0 Å². The van der Waals surface area contributed by atoms with Gasteiger partial charge in [-0.05, 0) is 0 Å². The molecule has 3 heteroatoms. The minimum atomic E-state index is -0.191. The normalized spacial score (nSPS) is 7.43. The van der Waals surface area contributed by atoms with Crippen LogP contribution in [0.25, 0.3) is 0 Å². The van der Waals surface area contributed by atoms with Crippen LogP contribution in [0.4, 0.5) is 0 Å². The van der Waals surface area contributed by atoms with Gasteiger partial charge in [0.2, 0.25) is 0 Å². The Morgan fingerprint density at radius 1 is 2.00 bits per heavy atom. The first-order chi connectivity index (χ1) is 3.31. The van der Waals surface area contributed by atoms with E-state index in [1.165, 1.54) is 0 Å². The Morgan fingerprint density at radius 2 is 2.57 bits per heavy atom. The summed E-state index contributed by atoms with van der Waals surface area (Å²) in [5.74, 6) is -0.191. The van der Waals surface area contributed by atoms with Gasteiger partial charge in [0, 0.05) is 0 Å². The van der Waals surface area contributed by atoms with Crippen molar-refractivity contribution < 1.29 is 30.6 Å². The molecule has 0 fully saturated rings. The average molecular weight is 266 g/mol. The van der Waals surface area contributed by atoms with Gasteiger partial charge >= 0.3 is 54.0 Å². The number of carbonyl (C=O) groups is 1. The van der Waals surface area contributed by atoms with Crippen molar-refractivity contribution in [3.05, 3.63) is 12.8 Å². The third-order valence-electron chi connectivity index (χ3n) is 0.344. The Hall–Kier alpha value is -0.0497. The Labute approximate surface area is 54.5 Å². The summed E-state index contributed by atoms with van der Waals surface area (Å²) in [6.07, 6.45) is 1.15. The van der Waals surface area contributed by atoms with Gasteiger partial charge < -0.3 is 0 Å². The van der Waals surface area contributed by atoms with Crippen molar-refractivity contribution in [1.29, 1.82) is 0 Å². The van der Waals surface area contributed by atoms with E-state index in [2.05, 4.69) is 11.3 Å². The van der Waals surface area contributed by atoms with Gasteiger partial charge in [-0.25, -0.2) is 0 Å². The maximum atomic E-state index is 10.1. The molecule has 0 saturated heterocycles. The summed E-state index contributed by atoms with van der Waals surface area (Å²) in [6, 6.07) is 0. The van der Waals surface area contributed by atoms with Crippen molar-refractivity contribution in [1.82, 2.24) is 0 Å². The second-order valence-corrected chi connectivity index (χ2v) is 1.95. The van der Waals surface area contributed by atoms with Crippen LogP contribution in [0.5, 0.6) is 0 Å². The Morgan fingerprint density at radius 3 is 2.71 bits per heavy atom. The molecule has 0 N–H and O–H groups in total. The van der Waals surface area contributed by atoms with Crippen molar-refractivity contribution in [2.75, 3.05) is 0 Å². The molecule has 0 rings (SSSR count). The van der Waals surface area contributed by atoms with E-state index in [9.17, 15) is 4.79 Å². The van der Waals surface area contributed by atoms with Crippen LogP contribution in [-0.2, 0) is 30.6 Å². The zero-order valence-corrected chi connectivity index (χ0v) is 6.97. The van der Waals surface area contributed by atoms with Crippen molar-refractivity contribution >= 4 is 5.97 Å². The molecule has 0 aromatic rings. The van der Waals surface area contributed by atoms with Gasteiger partial charge in [-0.2, -0.15) is 0 Å². The van der Waals surface area contributed by atoms with E-state index in [1.54, 1.807) is 0 Å². The monoisotopic (exact) mass is 266 g/mol. The molecule has 0 aromatic heterocycles. The molecule has 0 heterocycles. The van der Waals surface area contributed by atoms with Crippen LogP contribution in [0.2, 0.25) is 4.64 Å². The zero-order valence-electron chi connectivity index (χ0n) is 3.76. The van der Waals surface area contributed by atoms with Gasteiger partial charge in [-0.1, -0.05) is 0 Å². The SMILES string of the molecule is C=COC(=O)[CH2][Ta]. The van der Waals surface area contributed by atoms with Crippen LogP contribution >= 0.6 is 0 Å². The van der Waals surface area contributed by atoms with E-state index in [0.29, 0.717) is 4.64 Å². The molecular weight excluding hydrogens is 261 g/mol. The standard InChI is InChI=1S/C4H5O2.Ta/c1-3-6-4(2)5;/h3H,1-2H2;. The predicted molar refractivity (Wildman–Crippen MR) is 21.1 cm³/mol. The van der Waals surface area contributed by atoms with Crippen LogP contribution in [0.3, 0.4) is 0 Å². The molecule has 0 atom stereocenters. The number of carbonyl (C=O) groups excluding carboxylic acids is 1. The zero-order chi connectivity index (χ0) is 5.70. The molecule has 0 amide bonds. The van der Waals surface area contributed by atoms with E-state index in [1.807, 2.05) is 0 Å². The van der Waals surface area contributed by atoms with Gasteiger partial charge in [0.1, 0.15) is 0 Å². The first-order valence-corrected chi connectivity index (χ1v) is 3.99. The van der Waals surface area contributed by atoms with Crippen LogP contribution in [0.15, 0.2) is 12.8 Å². The molecule has 0 aliphatic carbocycles. The van der Waals surface area contributed by atoms with Gasteiger partial charge in [-0.15, -0.1) is 0 Å². The maximum absolute atomic E-state index is 10.1. The third kappa shape index (κ3) is 3.79. The van der Waals surface area contributed by atoms with E-state index >= 15 is 0 Å². The number of rotatable bonds is 2. The molecule has 0 aliphatic heterocycles. The summed E-state index contributed by atoms with van der Waals surface area (Å²) in [6.45, 7) is 3.22. The molecule has 0 spiro atoms. The van der Waals surface area contributed by atoms with Gasteiger partial charge in [-0.3, -0.25) is 0 Å². The van der Waals surface area contributed by atoms with Crippen molar-refractivity contribution in [3.8, 4) is 0 Å². The van der Waals surface area contributed by atoms with E-state index in [0.717, 1.165) is 27.3 Å². The number of ether oxygens (including phenoxy) is 1. The Bertz CT molecular complexity index is 79.8. The van der Waals surface area contributed by atoms with E-state index in [-0.39, 0.29) is 5.97 Å². The van der Waals surface area contributed by atoms with Crippen LogP contribution in [-0.4, -0.2) is 5.97 Å². The van der Waals surface area contributed by atoms with Crippen molar-refractivity contribution in [2.45, 2.75) is 4.64 Å². The number of hydrogen-bond donors (Lipinski definition) is 0. The Kier molecular flexibility index (Phi) is 4.09. The van der Waals surface area contributed by atoms with Gasteiger partial charge in [0.15, 0.2) is 0 Å². The second kappa shape index (κ2) is 4.12. The first-order valence-electron chi connectivity index (χ1n) is 1.72. The molecule has 7 heavy (non-hydrogen) atoms. The fourth-order valence-corrected chi connectivity index (χ4v) is 0.398. The molecule has 0 radical (unpaired) electrons. The summed E-state index contributed by atoms with van der Waals surface area (Å²) >= 11 is 1.04. The number of hydrogen-bond acceptors (Lipinski definition) is 2. The number of esters is 1. The molecule has 2 nitrogen and oxygen atoms in total. The quantitative estimate of drug-likeness (QED) is 0.541. The third-order valence-corrected chi connectivity index (χ3v) is 1.27. The van der Waals surface area contributed by atoms with Gasteiger partial charge in [0.25, 0.3) is 0 Å². The summed E-state index contributed by atoms with van der Waals surface area (Å²) < 4.78 is 4.86. The molecule has 0 unspecified atom stereocenters. The average Bonchev–Trinajstić information content (AvgIpc) is 1.68. The summed E-state index contributed by atoms with van der Waals surface area (Å²) in [4.78, 5) is 10.1. The first kappa shape index (κ1) is 6.95.